The van der Waals surface area contributed by atoms with Crippen LogP contribution in [0, 0.1) is 28.6 Å². The molecule has 4 aliphatic carbocycles. The molecule has 3 heteroatoms. The summed E-state index contributed by atoms with van der Waals surface area (Å²) in [5, 5.41) is 0. The Bertz CT molecular complexity index is 606. The van der Waals surface area contributed by atoms with Crippen molar-refractivity contribution in [3.63, 3.8) is 0 Å². The minimum absolute atomic E-state index is 0.0438. The van der Waals surface area contributed by atoms with E-state index < -0.39 is 0 Å². The summed E-state index contributed by atoms with van der Waals surface area (Å²) >= 11 is 0. The number of esters is 1. The normalized spacial score (nSPS) is 47.3. The van der Waals surface area contributed by atoms with Crippen LogP contribution in [0.3, 0.4) is 0 Å². The number of carbonyl (C=O) groups is 2. The number of hydrogen-bond acceptors (Lipinski definition) is 3. The fourth-order valence-electron chi connectivity index (χ4n) is 6.73. The van der Waals surface area contributed by atoms with E-state index in [1.54, 1.807) is 0 Å². The van der Waals surface area contributed by atoms with Crippen molar-refractivity contribution in [2.45, 2.75) is 78.2 Å². The third-order valence-corrected chi connectivity index (χ3v) is 8.10. The predicted octanol–water partition coefficient (Wildman–Crippen LogP) is 4.45. The highest BCUT2D eigenvalue weighted by atomic mass is 16.5. The Hall–Kier alpha value is -1.12. The van der Waals surface area contributed by atoms with Crippen LogP contribution in [-0.2, 0) is 14.3 Å². The second-order valence-corrected chi connectivity index (χ2v) is 9.15. The Balaban J connectivity index is 1.60. The van der Waals surface area contributed by atoms with Crippen molar-refractivity contribution < 1.29 is 14.3 Å². The molecule has 0 N–H and O–H groups in total. The molecule has 0 amide bonds. The van der Waals surface area contributed by atoms with Crippen molar-refractivity contribution in [1.82, 2.24) is 0 Å². The van der Waals surface area contributed by atoms with Gasteiger partial charge in [-0.1, -0.05) is 25.5 Å². The van der Waals surface area contributed by atoms with Crippen LogP contribution in [0.15, 0.2) is 11.6 Å². The van der Waals surface area contributed by atoms with Gasteiger partial charge < -0.3 is 4.74 Å². The summed E-state index contributed by atoms with van der Waals surface area (Å²) in [6.07, 6.45) is 10.8. The molecular weight excluding hydrogens is 300 g/mol. The van der Waals surface area contributed by atoms with Gasteiger partial charge in [0.25, 0.3) is 0 Å². The molecule has 3 saturated carbocycles. The minimum Gasteiger partial charge on any atom is -0.462 e. The topological polar surface area (TPSA) is 43.4 Å². The number of allylic oxidation sites excluding steroid dienone is 1. The summed E-state index contributed by atoms with van der Waals surface area (Å²) in [7, 11) is 0. The quantitative estimate of drug-likeness (QED) is 0.527. The molecule has 0 aromatic carbocycles. The standard InChI is InChI=1S/C21H30O3/c1-13(22)24-15-8-10-20(2)14(12-15)4-5-16-17-6-7-19(23)21(17,3)11-9-18(16)20/h4,15-18H,5-12H2,1-3H3/t15-,16-,17-,18?,20-,21-/m0/s1. The number of ketones is 1. The maximum absolute atomic E-state index is 12.4. The molecule has 24 heavy (non-hydrogen) atoms. The molecule has 0 spiro atoms. The molecule has 0 bridgehead atoms. The van der Waals surface area contributed by atoms with E-state index in [0.29, 0.717) is 23.5 Å². The SMILES string of the molecule is CC(=O)O[C@H]1CC[C@@]2(C)C(=CC[C@@H]3C2CC[C@]2(C)C(=O)CC[C@@H]32)C1. The third-order valence-electron chi connectivity index (χ3n) is 8.10. The smallest absolute Gasteiger partial charge is 0.302 e. The van der Waals surface area contributed by atoms with Gasteiger partial charge in [0.05, 0.1) is 0 Å². The fraction of sp³-hybridized carbons (Fsp3) is 0.810. The van der Waals surface area contributed by atoms with E-state index in [0.717, 1.165) is 44.9 Å². The predicted molar refractivity (Wildman–Crippen MR) is 92.3 cm³/mol. The zero-order valence-electron chi connectivity index (χ0n) is 15.3. The van der Waals surface area contributed by atoms with Gasteiger partial charge in [-0.05, 0) is 61.7 Å². The van der Waals surface area contributed by atoms with Gasteiger partial charge in [0.1, 0.15) is 11.9 Å². The molecule has 0 aromatic heterocycles. The first-order valence-corrected chi connectivity index (χ1v) is 9.74. The highest BCUT2D eigenvalue weighted by Crippen LogP contribution is 2.64. The molecule has 3 fully saturated rings. The number of ether oxygens (including phenoxy) is 1. The Morgan fingerprint density at radius 1 is 1.12 bits per heavy atom. The lowest BCUT2D eigenvalue weighted by molar-refractivity contribution is -0.148. The molecule has 132 valence electrons. The van der Waals surface area contributed by atoms with Gasteiger partial charge in [-0.3, -0.25) is 9.59 Å². The highest BCUT2D eigenvalue weighted by Gasteiger charge is 2.58. The summed E-state index contributed by atoms with van der Waals surface area (Å²) < 4.78 is 5.50. The fourth-order valence-corrected chi connectivity index (χ4v) is 6.73. The van der Waals surface area contributed by atoms with Gasteiger partial charge in [0, 0.05) is 25.2 Å². The Labute approximate surface area is 145 Å². The zero-order chi connectivity index (χ0) is 17.1. The van der Waals surface area contributed by atoms with E-state index in [2.05, 4.69) is 19.9 Å². The lowest BCUT2D eigenvalue weighted by atomic mass is 9.48. The van der Waals surface area contributed by atoms with Crippen LogP contribution in [0.1, 0.15) is 72.1 Å². The molecule has 0 heterocycles. The van der Waals surface area contributed by atoms with Gasteiger partial charge in [-0.25, -0.2) is 0 Å². The largest absolute Gasteiger partial charge is 0.462 e. The lowest BCUT2D eigenvalue weighted by Crippen LogP contribution is -2.50. The first-order valence-electron chi connectivity index (χ1n) is 9.74. The summed E-state index contributed by atoms with van der Waals surface area (Å²) in [5.41, 5.74) is 1.74. The van der Waals surface area contributed by atoms with Crippen molar-refractivity contribution >= 4 is 11.8 Å². The monoisotopic (exact) mass is 330 g/mol. The number of fused-ring (bicyclic) bond motifs is 5. The molecule has 1 unspecified atom stereocenters. The minimum atomic E-state index is -0.157. The zero-order valence-corrected chi connectivity index (χ0v) is 15.3. The summed E-state index contributed by atoms with van der Waals surface area (Å²) in [6, 6.07) is 0. The Morgan fingerprint density at radius 2 is 1.83 bits per heavy atom. The van der Waals surface area contributed by atoms with Crippen LogP contribution >= 0.6 is 0 Å². The van der Waals surface area contributed by atoms with Crippen LogP contribution in [0.2, 0.25) is 0 Å². The highest BCUT2D eigenvalue weighted by molar-refractivity contribution is 5.87. The van der Waals surface area contributed by atoms with E-state index in [1.165, 1.54) is 18.9 Å². The lowest BCUT2D eigenvalue weighted by Gasteiger charge is -2.56. The van der Waals surface area contributed by atoms with Crippen molar-refractivity contribution in [2.24, 2.45) is 28.6 Å². The van der Waals surface area contributed by atoms with E-state index in [9.17, 15) is 9.59 Å². The number of carbonyl (C=O) groups excluding carboxylic acids is 2. The molecule has 0 radical (unpaired) electrons. The molecule has 0 saturated heterocycles. The van der Waals surface area contributed by atoms with E-state index in [4.69, 9.17) is 4.74 Å². The van der Waals surface area contributed by atoms with E-state index in [-0.39, 0.29) is 22.9 Å². The van der Waals surface area contributed by atoms with Crippen LogP contribution in [-0.4, -0.2) is 17.9 Å². The van der Waals surface area contributed by atoms with Crippen molar-refractivity contribution in [3.8, 4) is 0 Å². The maximum Gasteiger partial charge on any atom is 0.302 e. The average molecular weight is 330 g/mol. The first kappa shape index (κ1) is 16.4. The molecule has 0 aromatic rings. The average Bonchev–Trinajstić information content (AvgIpc) is 2.83. The third kappa shape index (κ3) is 2.23. The molecule has 6 atom stereocenters. The van der Waals surface area contributed by atoms with Gasteiger partial charge in [-0.15, -0.1) is 0 Å². The second kappa shape index (κ2) is 5.44. The van der Waals surface area contributed by atoms with Crippen LogP contribution < -0.4 is 0 Å². The van der Waals surface area contributed by atoms with Crippen molar-refractivity contribution in [1.29, 1.82) is 0 Å². The molecular formula is C21H30O3. The first-order chi connectivity index (χ1) is 11.3. The van der Waals surface area contributed by atoms with Gasteiger partial charge in [-0.2, -0.15) is 0 Å². The Kier molecular flexibility index (Phi) is 3.71. The van der Waals surface area contributed by atoms with Gasteiger partial charge in [0.15, 0.2) is 0 Å². The number of hydrogen-bond donors (Lipinski definition) is 0. The summed E-state index contributed by atoms with van der Waals surface area (Å²) in [5.74, 6) is 2.33. The summed E-state index contributed by atoms with van der Waals surface area (Å²) in [4.78, 5) is 23.7. The number of rotatable bonds is 1. The van der Waals surface area contributed by atoms with Crippen LogP contribution in [0.4, 0.5) is 0 Å². The molecule has 4 aliphatic rings. The second-order valence-electron chi connectivity index (χ2n) is 9.15. The maximum atomic E-state index is 12.4. The van der Waals surface area contributed by atoms with E-state index >= 15 is 0 Å². The van der Waals surface area contributed by atoms with Crippen LogP contribution in [0.25, 0.3) is 0 Å². The van der Waals surface area contributed by atoms with Crippen molar-refractivity contribution in [3.05, 3.63) is 11.6 Å². The molecule has 3 nitrogen and oxygen atoms in total. The van der Waals surface area contributed by atoms with Gasteiger partial charge >= 0.3 is 5.97 Å². The van der Waals surface area contributed by atoms with E-state index in [1.807, 2.05) is 0 Å². The molecule has 4 rings (SSSR count). The molecule has 0 aliphatic heterocycles. The van der Waals surface area contributed by atoms with Gasteiger partial charge in [0.2, 0.25) is 0 Å². The van der Waals surface area contributed by atoms with Crippen LogP contribution in [0.5, 0.6) is 0 Å². The number of Topliss-reactive ketones (excluding diaryl/α,β-unsaturated/α-hetero) is 1. The summed E-state index contributed by atoms with van der Waals surface area (Å²) in [6.45, 7) is 6.19. The van der Waals surface area contributed by atoms with Crippen molar-refractivity contribution in [2.75, 3.05) is 0 Å². The Morgan fingerprint density at radius 3 is 2.58 bits per heavy atom.